The number of hydrogen-bond donors (Lipinski definition) is 2. The van der Waals surface area contributed by atoms with Gasteiger partial charge >= 0.3 is 12.2 Å². The molecule has 0 bridgehead atoms. The van der Waals surface area contributed by atoms with E-state index in [1.165, 1.54) is 17.0 Å². The van der Waals surface area contributed by atoms with Crippen molar-refractivity contribution in [3.63, 3.8) is 0 Å². The molecule has 5 nitrogen and oxygen atoms in total. The topological polar surface area (TPSA) is 61.8 Å². The van der Waals surface area contributed by atoms with Crippen LogP contribution in [0.1, 0.15) is 19.4 Å². The molecule has 23 heavy (non-hydrogen) atoms. The third kappa shape index (κ3) is 7.23. The van der Waals surface area contributed by atoms with E-state index in [4.69, 9.17) is 4.74 Å². The number of halogens is 3. The molecule has 0 aliphatic carbocycles. The fraction of sp³-hybridized carbons (Fsp3) is 0.533. The summed E-state index contributed by atoms with van der Waals surface area (Å²) in [5.74, 6) is 0.289. The van der Waals surface area contributed by atoms with Crippen molar-refractivity contribution in [2.75, 3.05) is 26.7 Å². The van der Waals surface area contributed by atoms with Gasteiger partial charge in [0.25, 0.3) is 0 Å². The molecule has 0 unspecified atom stereocenters. The molecular weight excluding hydrogens is 313 g/mol. The molecule has 0 aliphatic rings. The van der Waals surface area contributed by atoms with Crippen molar-refractivity contribution >= 4 is 6.03 Å². The number of aliphatic hydroxyl groups is 1. The Balaban J connectivity index is 2.33. The number of ether oxygens (including phenoxy) is 1. The normalized spacial score (nSPS) is 12.0. The summed E-state index contributed by atoms with van der Waals surface area (Å²) < 4.78 is 42.4. The number of carbonyl (C=O) groups excluding carboxylic acids is 1. The molecular formula is C15H21F3N2O3. The first-order valence-electron chi connectivity index (χ1n) is 7.00. The predicted octanol–water partition coefficient (Wildman–Crippen LogP) is 2.50. The van der Waals surface area contributed by atoms with Gasteiger partial charge in [-0.15, -0.1) is 0 Å². The Morgan fingerprint density at radius 3 is 2.30 bits per heavy atom. The molecule has 0 saturated carbocycles. The minimum absolute atomic E-state index is 0.119. The van der Waals surface area contributed by atoms with Crippen molar-refractivity contribution in [3.8, 4) is 5.75 Å². The Morgan fingerprint density at radius 1 is 1.26 bits per heavy atom. The molecule has 0 aromatic heterocycles. The van der Waals surface area contributed by atoms with Gasteiger partial charge in [0.05, 0.1) is 24.3 Å². The summed E-state index contributed by atoms with van der Waals surface area (Å²) in [7, 11) is 1.55. The number of carbonyl (C=O) groups is 1. The zero-order valence-electron chi connectivity index (χ0n) is 13.3. The Bertz CT molecular complexity index is 510. The van der Waals surface area contributed by atoms with Crippen LogP contribution in [0.5, 0.6) is 5.75 Å². The van der Waals surface area contributed by atoms with Crippen molar-refractivity contribution in [2.24, 2.45) is 0 Å². The maximum absolute atomic E-state index is 12.4. The number of nitrogens with one attached hydrogen (secondary N) is 1. The highest BCUT2D eigenvalue weighted by atomic mass is 19.4. The number of amides is 2. The van der Waals surface area contributed by atoms with Crippen molar-refractivity contribution < 1.29 is 27.8 Å². The van der Waals surface area contributed by atoms with E-state index in [1.54, 1.807) is 20.9 Å². The smallest absolute Gasteiger partial charge is 0.416 e. The van der Waals surface area contributed by atoms with Gasteiger partial charge in [-0.2, -0.15) is 13.2 Å². The molecule has 8 heteroatoms. The van der Waals surface area contributed by atoms with Crippen molar-refractivity contribution in [1.29, 1.82) is 0 Å². The van der Waals surface area contributed by atoms with Gasteiger partial charge in [0, 0.05) is 7.05 Å². The number of likely N-dealkylation sites (N-methyl/N-ethyl adjacent to an activating group) is 1. The standard InChI is InChI=1S/C15H21F3N2O3/c1-14(2,22)10-20(3)13(21)19-8-9-23-12-6-4-11(5-7-12)15(16,17)18/h4-7,22H,8-10H2,1-3H3,(H,19,21). The maximum atomic E-state index is 12.4. The second-order valence-electron chi connectivity index (χ2n) is 5.77. The molecule has 0 heterocycles. The van der Waals surface area contributed by atoms with Crippen molar-refractivity contribution in [1.82, 2.24) is 10.2 Å². The molecule has 0 atom stereocenters. The number of nitrogens with zero attached hydrogens (tertiary/aromatic N) is 1. The van der Waals surface area contributed by atoms with Gasteiger partial charge in [0.1, 0.15) is 12.4 Å². The molecule has 0 saturated heterocycles. The molecule has 2 amide bonds. The van der Waals surface area contributed by atoms with E-state index in [2.05, 4.69) is 5.32 Å². The van der Waals surface area contributed by atoms with Gasteiger partial charge in [-0.25, -0.2) is 4.79 Å². The average Bonchev–Trinajstić information content (AvgIpc) is 2.41. The molecule has 0 radical (unpaired) electrons. The highest BCUT2D eigenvalue weighted by Crippen LogP contribution is 2.30. The predicted molar refractivity (Wildman–Crippen MR) is 79.3 cm³/mol. The molecule has 130 valence electrons. The van der Waals surface area contributed by atoms with Crippen LogP contribution < -0.4 is 10.1 Å². The number of benzene rings is 1. The third-order valence-corrected chi connectivity index (χ3v) is 2.80. The van der Waals surface area contributed by atoms with Crippen LogP contribution in [-0.4, -0.2) is 48.4 Å². The lowest BCUT2D eigenvalue weighted by Gasteiger charge is -2.25. The van der Waals surface area contributed by atoms with Crippen LogP contribution in [0.3, 0.4) is 0 Å². The lowest BCUT2D eigenvalue weighted by molar-refractivity contribution is -0.137. The SMILES string of the molecule is CN(CC(C)(C)O)C(=O)NCCOc1ccc(C(F)(F)F)cc1. The minimum atomic E-state index is -4.38. The fourth-order valence-electron chi connectivity index (χ4n) is 1.85. The fourth-order valence-corrected chi connectivity index (χ4v) is 1.85. The lowest BCUT2D eigenvalue weighted by atomic mass is 10.1. The maximum Gasteiger partial charge on any atom is 0.416 e. The lowest BCUT2D eigenvalue weighted by Crippen LogP contribution is -2.45. The summed E-state index contributed by atoms with van der Waals surface area (Å²) in [6, 6.07) is 3.95. The largest absolute Gasteiger partial charge is 0.492 e. The van der Waals surface area contributed by atoms with Crippen LogP contribution in [0.15, 0.2) is 24.3 Å². The quantitative estimate of drug-likeness (QED) is 0.786. The molecule has 1 rings (SSSR count). The van der Waals surface area contributed by atoms with Crippen LogP contribution in [0.25, 0.3) is 0 Å². The van der Waals surface area contributed by atoms with E-state index >= 15 is 0 Å². The molecule has 1 aromatic carbocycles. The van der Waals surface area contributed by atoms with E-state index < -0.39 is 17.3 Å². The number of alkyl halides is 3. The molecule has 0 fully saturated rings. The zero-order valence-corrected chi connectivity index (χ0v) is 13.3. The van der Waals surface area contributed by atoms with Crippen LogP contribution in [0.4, 0.5) is 18.0 Å². The number of rotatable bonds is 6. The zero-order chi connectivity index (χ0) is 17.7. The van der Waals surface area contributed by atoms with Gasteiger partial charge in [0.15, 0.2) is 0 Å². The number of urea groups is 1. The summed E-state index contributed by atoms with van der Waals surface area (Å²) in [6.07, 6.45) is -4.38. The van der Waals surface area contributed by atoms with Gasteiger partial charge in [-0.3, -0.25) is 0 Å². The van der Waals surface area contributed by atoms with Gasteiger partial charge in [-0.1, -0.05) is 0 Å². The first-order valence-corrected chi connectivity index (χ1v) is 7.00. The highest BCUT2D eigenvalue weighted by molar-refractivity contribution is 5.73. The van der Waals surface area contributed by atoms with Crippen molar-refractivity contribution in [3.05, 3.63) is 29.8 Å². The minimum Gasteiger partial charge on any atom is -0.492 e. The highest BCUT2D eigenvalue weighted by Gasteiger charge is 2.30. The monoisotopic (exact) mass is 334 g/mol. The molecule has 0 spiro atoms. The van der Waals surface area contributed by atoms with Gasteiger partial charge in [-0.05, 0) is 38.1 Å². The average molecular weight is 334 g/mol. The summed E-state index contributed by atoms with van der Waals surface area (Å²) in [5.41, 5.74) is -1.74. The van der Waals surface area contributed by atoms with Crippen LogP contribution in [0, 0.1) is 0 Å². The first-order chi connectivity index (χ1) is 10.5. The van der Waals surface area contributed by atoms with Crippen LogP contribution in [-0.2, 0) is 6.18 Å². The van der Waals surface area contributed by atoms with Gasteiger partial charge in [0.2, 0.25) is 0 Å². The van der Waals surface area contributed by atoms with E-state index in [1.807, 2.05) is 0 Å². The van der Waals surface area contributed by atoms with E-state index in [9.17, 15) is 23.1 Å². The number of hydrogen-bond acceptors (Lipinski definition) is 3. The van der Waals surface area contributed by atoms with Crippen LogP contribution >= 0.6 is 0 Å². The first kappa shape index (κ1) is 19.1. The summed E-state index contributed by atoms with van der Waals surface area (Å²) in [4.78, 5) is 13.0. The Labute approximate surface area is 133 Å². The molecule has 1 aromatic rings. The second-order valence-corrected chi connectivity index (χ2v) is 5.77. The Kier molecular flexibility index (Phi) is 6.26. The summed E-state index contributed by atoms with van der Waals surface area (Å²) in [5, 5.41) is 12.2. The summed E-state index contributed by atoms with van der Waals surface area (Å²) >= 11 is 0. The van der Waals surface area contributed by atoms with E-state index in [-0.39, 0.29) is 31.5 Å². The third-order valence-electron chi connectivity index (χ3n) is 2.80. The second kappa shape index (κ2) is 7.54. The van der Waals surface area contributed by atoms with Crippen molar-refractivity contribution in [2.45, 2.75) is 25.6 Å². The molecule has 0 aliphatic heterocycles. The summed E-state index contributed by atoms with van der Waals surface area (Å²) in [6.45, 7) is 3.65. The Hall–Kier alpha value is -1.96. The molecule has 2 N–H and O–H groups in total. The Morgan fingerprint density at radius 2 is 1.83 bits per heavy atom. The van der Waals surface area contributed by atoms with E-state index in [0.29, 0.717) is 0 Å². The van der Waals surface area contributed by atoms with Crippen LogP contribution in [0.2, 0.25) is 0 Å². The van der Waals surface area contributed by atoms with E-state index in [0.717, 1.165) is 12.1 Å². The van der Waals surface area contributed by atoms with Gasteiger partial charge < -0.3 is 20.1 Å².